The van der Waals surface area contributed by atoms with Crippen molar-refractivity contribution in [2.45, 2.75) is 6.92 Å². The molecule has 0 bridgehead atoms. The van der Waals surface area contributed by atoms with Crippen LogP contribution >= 0.6 is 0 Å². The quantitative estimate of drug-likeness (QED) is 0.713. The average Bonchev–Trinajstić information content (AvgIpc) is 2.59. The number of pyridine rings is 2. The normalized spacial score (nSPS) is 9.92. The van der Waals surface area contributed by atoms with Crippen molar-refractivity contribution in [3.63, 3.8) is 0 Å². The lowest BCUT2D eigenvalue weighted by Crippen LogP contribution is -2.07. The number of aromatic nitrogens is 2. The minimum absolute atomic E-state index is 0.165. The summed E-state index contributed by atoms with van der Waals surface area (Å²) in [6, 6.07) is 15.2. The third-order valence-corrected chi connectivity index (χ3v) is 3.38. The fourth-order valence-electron chi connectivity index (χ4n) is 2.26. The van der Waals surface area contributed by atoms with Gasteiger partial charge in [-0.3, -0.25) is 4.79 Å². The van der Waals surface area contributed by atoms with Crippen LogP contribution in [0.5, 0.6) is 0 Å². The number of carbonyl (C=O) groups is 1. The number of nitrogens with one attached hydrogen (secondary N) is 2. The Morgan fingerprint density at radius 2 is 1.79 bits per heavy atom. The van der Waals surface area contributed by atoms with Gasteiger partial charge in [0, 0.05) is 30.6 Å². The summed E-state index contributed by atoms with van der Waals surface area (Å²) in [4.78, 5) is 19.9. The molecule has 0 fully saturated rings. The highest BCUT2D eigenvalue weighted by atomic mass is 16.1. The molecule has 24 heavy (non-hydrogen) atoms. The van der Waals surface area contributed by atoms with Gasteiger partial charge < -0.3 is 10.6 Å². The highest BCUT2D eigenvalue weighted by Crippen LogP contribution is 2.15. The summed E-state index contributed by atoms with van der Waals surface area (Å²) in [5.41, 5.74) is 3.05. The van der Waals surface area contributed by atoms with Gasteiger partial charge in [-0.2, -0.15) is 0 Å². The molecule has 118 valence electrons. The van der Waals surface area contributed by atoms with Gasteiger partial charge in [-0.1, -0.05) is 18.1 Å². The van der Waals surface area contributed by atoms with E-state index in [1.165, 1.54) is 6.92 Å². The number of para-hydroxylation sites is 1. The largest absolute Gasteiger partial charge is 0.387 e. The molecule has 0 aliphatic carbocycles. The zero-order valence-corrected chi connectivity index (χ0v) is 13.4. The number of benzene rings is 1. The van der Waals surface area contributed by atoms with Crippen LogP contribution in [0.2, 0.25) is 0 Å². The van der Waals surface area contributed by atoms with E-state index < -0.39 is 0 Å². The van der Waals surface area contributed by atoms with E-state index in [0.717, 1.165) is 16.6 Å². The standard InChI is InChI=1S/C19H16N4O/c1-13(24)21-18-12-9-15-8-11-16(22-19(15)23-18)10-7-14-5-3-4-6-17(14)20-2/h3-6,8-9,11-12,20H,1-2H3,(H,21,22,23,24). The lowest BCUT2D eigenvalue weighted by atomic mass is 10.1. The molecule has 2 N–H and O–H groups in total. The molecule has 0 atom stereocenters. The Morgan fingerprint density at radius 3 is 2.58 bits per heavy atom. The van der Waals surface area contributed by atoms with Crippen LogP contribution in [-0.4, -0.2) is 22.9 Å². The van der Waals surface area contributed by atoms with Gasteiger partial charge in [-0.05, 0) is 42.3 Å². The lowest BCUT2D eigenvalue weighted by Gasteiger charge is -2.03. The Labute approximate surface area is 140 Å². The van der Waals surface area contributed by atoms with Crippen molar-refractivity contribution in [3.8, 4) is 11.8 Å². The van der Waals surface area contributed by atoms with E-state index in [1.807, 2.05) is 49.5 Å². The number of nitrogens with zero attached hydrogens (tertiary/aromatic N) is 2. The molecule has 3 rings (SSSR count). The van der Waals surface area contributed by atoms with Crippen molar-refractivity contribution in [2.75, 3.05) is 17.7 Å². The van der Waals surface area contributed by atoms with Crippen molar-refractivity contribution >= 4 is 28.4 Å². The van der Waals surface area contributed by atoms with Crippen LogP contribution in [-0.2, 0) is 4.79 Å². The Hall–Kier alpha value is -3.39. The van der Waals surface area contributed by atoms with Gasteiger partial charge in [-0.15, -0.1) is 0 Å². The molecule has 5 heteroatoms. The molecule has 0 saturated heterocycles. The van der Waals surface area contributed by atoms with E-state index in [0.29, 0.717) is 17.2 Å². The average molecular weight is 316 g/mol. The van der Waals surface area contributed by atoms with Crippen molar-refractivity contribution in [3.05, 3.63) is 59.8 Å². The first-order valence-electron chi connectivity index (χ1n) is 7.50. The van der Waals surface area contributed by atoms with Crippen LogP contribution in [0.15, 0.2) is 48.5 Å². The van der Waals surface area contributed by atoms with Gasteiger partial charge in [0.1, 0.15) is 11.5 Å². The predicted octanol–water partition coefficient (Wildman–Crippen LogP) is 3.03. The van der Waals surface area contributed by atoms with Crippen molar-refractivity contribution in [1.82, 2.24) is 9.97 Å². The van der Waals surface area contributed by atoms with E-state index in [1.54, 1.807) is 6.07 Å². The molecule has 0 saturated carbocycles. The first-order chi connectivity index (χ1) is 11.7. The number of amides is 1. The fraction of sp³-hybridized carbons (Fsp3) is 0.105. The summed E-state index contributed by atoms with van der Waals surface area (Å²) in [6.45, 7) is 1.44. The van der Waals surface area contributed by atoms with Crippen LogP contribution in [0.3, 0.4) is 0 Å². The third kappa shape index (κ3) is 3.50. The van der Waals surface area contributed by atoms with Gasteiger partial charge >= 0.3 is 0 Å². The first-order valence-corrected chi connectivity index (χ1v) is 7.50. The van der Waals surface area contributed by atoms with Gasteiger partial charge in [0.05, 0.1) is 0 Å². The molecule has 0 radical (unpaired) electrons. The Kier molecular flexibility index (Phi) is 4.39. The number of fused-ring (bicyclic) bond motifs is 1. The molecule has 0 unspecified atom stereocenters. The topological polar surface area (TPSA) is 66.9 Å². The minimum atomic E-state index is -0.165. The van der Waals surface area contributed by atoms with Crippen LogP contribution in [0.1, 0.15) is 18.2 Å². The van der Waals surface area contributed by atoms with E-state index in [9.17, 15) is 4.79 Å². The maximum Gasteiger partial charge on any atom is 0.222 e. The first kappa shape index (κ1) is 15.5. The van der Waals surface area contributed by atoms with Crippen LogP contribution in [0, 0.1) is 11.8 Å². The SMILES string of the molecule is CNc1ccccc1C#Cc1ccc2ccc(NC(C)=O)nc2n1. The second kappa shape index (κ2) is 6.80. The maximum absolute atomic E-state index is 11.1. The molecule has 3 aromatic rings. The second-order valence-corrected chi connectivity index (χ2v) is 5.17. The smallest absolute Gasteiger partial charge is 0.222 e. The summed E-state index contributed by atoms with van der Waals surface area (Å²) in [6.07, 6.45) is 0. The summed E-state index contributed by atoms with van der Waals surface area (Å²) < 4.78 is 0. The minimum Gasteiger partial charge on any atom is -0.387 e. The molecular weight excluding hydrogens is 300 g/mol. The predicted molar refractivity (Wildman–Crippen MR) is 95.8 cm³/mol. The van der Waals surface area contributed by atoms with Gasteiger partial charge in [0.15, 0.2) is 5.65 Å². The van der Waals surface area contributed by atoms with E-state index in [-0.39, 0.29) is 5.91 Å². The highest BCUT2D eigenvalue weighted by Gasteiger charge is 2.02. The van der Waals surface area contributed by atoms with Crippen molar-refractivity contribution in [1.29, 1.82) is 0 Å². The molecule has 0 aliphatic heterocycles. The zero-order chi connectivity index (χ0) is 16.9. The number of anilines is 2. The molecule has 2 heterocycles. The second-order valence-electron chi connectivity index (χ2n) is 5.17. The number of carbonyl (C=O) groups excluding carboxylic acids is 1. The summed E-state index contributed by atoms with van der Waals surface area (Å²) in [7, 11) is 1.86. The molecule has 0 spiro atoms. The lowest BCUT2D eigenvalue weighted by molar-refractivity contribution is -0.114. The molecule has 5 nitrogen and oxygen atoms in total. The van der Waals surface area contributed by atoms with Crippen LogP contribution < -0.4 is 10.6 Å². The Morgan fingerprint density at radius 1 is 1.00 bits per heavy atom. The summed E-state index contributed by atoms with van der Waals surface area (Å²) >= 11 is 0. The van der Waals surface area contributed by atoms with E-state index in [4.69, 9.17) is 0 Å². The summed E-state index contributed by atoms with van der Waals surface area (Å²) in [5, 5.41) is 6.66. The Balaban J connectivity index is 1.96. The number of hydrogen-bond donors (Lipinski definition) is 2. The van der Waals surface area contributed by atoms with Gasteiger partial charge in [-0.25, -0.2) is 9.97 Å². The number of hydrogen-bond acceptors (Lipinski definition) is 4. The zero-order valence-electron chi connectivity index (χ0n) is 13.4. The van der Waals surface area contributed by atoms with Crippen molar-refractivity contribution < 1.29 is 4.79 Å². The molecule has 1 amide bonds. The monoisotopic (exact) mass is 316 g/mol. The van der Waals surface area contributed by atoms with Crippen LogP contribution in [0.4, 0.5) is 11.5 Å². The van der Waals surface area contributed by atoms with Gasteiger partial charge in [0.2, 0.25) is 5.91 Å². The van der Waals surface area contributed by atoms with E-state index in [2.05, 4.69) is 32.4 Å². The molecular formula is C19H16N4O. The van der Waals surface area contributed by atoms with Crippen LogP contribution in [0.25, 0.3) is 11.0 Å². The van der Waals surface area contributed by atoms with Crippen molar-refractivity contribution in [2.24, 2.45) is 0 Å². The summed E-state index contributed by atoms with van der Waals surface area (Å²) in [5.74, 6) is 6.49. The number of rotatable bonds is 2. The molecule has 1 aromatic carbocycles. The fourth-order valence-corrected chi connectivity index (χ4v) is 2.26. The molecule has 2 aromatic heterocycles. The van der Waals surface area contributed by atoms with E-state index >= 15 is 0 Å². The third-order valence-electron chi connectivity index (χ3n) is 3.38. The maximum atomic E-state index is 11.1. The Bertz CT molecular complexity index is 970. The van der Waals surface area contributed by atoms with Gasteiger partial charge in [0.25, 0.3) is 0 Å². The highest BCUT2D eigenvalue weighted by molar-refractivity contribution is 5.89. The molecule has 0 aliphatic rings.